The van der Waals surface area contributed by atoms with Crippen molar-refractivity contribution in [2.75, 3.05) is 39.5 Å². The predicted octanol–water partition coefficient (Wildman–Crippen LogP) is -0.533. The van der Waals surface area contributed by atoms with Crippen molar-refractivity contribution in [2.24, 2.45) is 0 Å². The summed E-state index contributed by atoms with van der Waals surface area (Å²) in [5.74, 6) is 0. The number of hydrogen-bond donors (Lipinski definition) is 3. The van der Waals surface area contributed by atoms with Gasteiger partial charge < -0.3 is 20.2 Å². The summed E-state index contributed by atoms with van der Waals surface area (Å²) in [5, 5.41) is 25.8. The average molecular weight is 214 g/mol. The molecule has 0 saturated carbocycles. The number of aliphatic hydroxyl groups excluding tert-OH is 3. The van der Waals surface area contributed by atoms with Gasteiger partial charge in [0.2, 0.25) is 0 Å². The first kappa shape index (κ1) is 15.6. The van der Waals surface area contributed by atoms with Gasteiger partial charge >= 0.3 is 0 Å². The van der Waals surface area contributed by atoms with Gasteiger partial charge in [0, 0.05) is 32.8 Å². The molecular weight excluding hydrogens is 194 g/mol. The first-order valence-electron chi connectivity index (χ1n) is 4.40. The van der Waals surface area contributed by atoms with Crippen molar-refractivity contribution in [3.05, 3.63) is 0 Å². The molecule has 3 N–H and O–H groups in total. The minimum absolute atomic E-state index is 0. The third kappa shape index (κ3) is 10.0. The predicted molar refractivity (Wildman–Crippen MR) is 54.2 cm³/mol. The number of halogens is 1. The van der Waals surface area contributed by atoms with Crippen LogP contribution < -0.4 is 0 Å². The van der Waals surface area contributed by atoms with Gasteiger partial charge in [-0.05, 0) is 12.8 Å². The van der Waals surface area contributed by atoms with Crippen LogP contribution in [0.25, 0.3) is 0 Å². The standard InChI is InChI=1S/C8H19NO3.ClH/c10-6-1-3-9(5-8-12)4-2-7-11;/h10-12H,1-8H2;1H. The Morgan fingerprint density at radius 3 is 1.46 bits per heavy atom. The summed E-state index contributed by atoms with van der Waals surface area (Å²) in [6.07, 6.45) is 1.46. The van der Waals surface area contributed by atoms with Crippen LogP contribution in [0, 0.1) is 0 Å². The fourth-order valence-corrected chi connectivity index (χ4v) is 1.07. The largest absolute Gasteiger partial charge is 0.396 e. The number of nitrogens with zero attached hydrogens (tertiary/aromatic N) is 1. The van der Waals surface area contributed by atoms with Crippen LogP contribution in [0.15, 0.2) is 0 Å². The third-order valence-corrected chi connectivity index (χ3v) is 1.68. The van der Waals surface area contributed by atoms with Gasteiger partial charge in [0.1, 0.15) is 0 Å². The van der Waals surface area contributed by atoms with Crippen LogP contribution in [0.5, 0.6) is 0 Å². The van der Waals surface area contributed by atoms with E-state index in [4.69, 9.17) is 15.3 Å². The molecule has 0 aromatic carbocycles. The first-order chi connectivity index (χ1) is 5.85. The molecule has 0 rings (SSSR count). The Balaban J connectivity index is 0. The van der Waals surface area contributed by atoms with E-state index >= 15 is 0 Å². The summed E-state index contributed by atoms with van der Waals surface area (Å²) in [4.78, 5) is 2.03. The SMILES string of the molecule is Cl.OCCCN(CCO)CCCO. The van der Waals surface area contributed by atoms with Gasteiger partial charge in [0.25, 0.3) is 0 Å². The second kappa shape index (κ2) is 12.1. The van der Waals surface area contributed by atoms with Gasteiger partial charge in [-0.3, -0.25) is 0 Å². The van der Waals surface area contributed by atoms with Crippen LogP contribution in [-0.2, 0) is 0 Å². The van der Waals surface area contributed by atoms with Crippen LogP contribution in [0.2, 0.25) is 0 Å². The quantitative estimate of drug-likeness (QED) is 0.507. The Morgan fingerprint density at radius 1 is 0.692 bits per heavy atom. The van der Waals surface area contributed by atoms with E-state index < -0.39 is 0 Å². The zero-order valence-corrected chi connectivity index (χ0v) is 8.67. The molecule has 0 radical (unpaired) electrons. The molecule has 0 bridgehead atoms. The fourth-order valence-electron chi connectivity index (χ4n) is 1.07. The lowest BCUT2D eigenvalue weighted by atomic mass is 10.3. The molecule has 4 nitrogen and oxygen atoms in total. The van der Waals surface area contributed by atoms with Crippen LogP contribution in [0.3, 0.4) is 0 Å². The number of rotatable bonds is 8. The molecule has 0 unspecified atom stereocenters. The normalized spacial score (nSPS) is 10.2. The fraction of sp³-hybridized carbons (Fsp3) is 1.00. The van der Waals surface area contributed by atoms with Gasteiger partial charge in [0.05, 0.1) is 6.61 Å². The molecular formula is C8H20ClNO3. The zero-order valence-electron chi connectivity index (χ0n) is 7.85. The van der Waals surface area contributed by atoms with Crippen LogP contribution in [0.4, 0.5) is 0 Å². The molecule has 0 aliphatic heterocycles. The molecule has 0 aromatic rings. The second-order valence-corrected chi connectivity index (χ2v) is 2.72. The summed E-state index contributed by atoms with van der Waals surface area (Å²) in [6.45, 7) is 2.70. The summed E-state index contributed by atoms with van der Waals surface area (Å²) in [7, 11) is 0. The van der Waals surface area contributed by atoms with Crippen molar-refractivity contribution in [3.63, 3.8) is 0 Å². The van der Waals surface area contributed by atoms with E-state index in [-0.39, 0.29) is 32.2 Å². The zero-order chi connectivity index (χ0) is 9.23. The molecule has 5 heteroatoms. The van der Waals surface area contributed by atoms with Crippen molar-refractivity contribution in [2.45, 2.75) is 12.8 Å². The number of aliphatic hydroxyl groups is 3. The molecule has 0 aromatic heterocycles. The molecule has 0 aliphatic carbocycles. The molecule has 0 amide bonds. The van der Waals surface area contributed by atoms with Gasteiger partial charge in [-0.2, -0.15) is 0 Å². The molecule has 13 heavy (non-hydrogen) atoms. The molecule has 0 aliphatic rings. The Morgan fingerprint density at radius 2 is 1.15 bits per heavy atom. The van der Waals surface area contributed by atoms with Crippen molar-refractivity contribution >= 4 is 12.4 Å². The molecule has 0 atom stereocenters. The smallest absolute Gasteiger partial charge is 0.0558 e. The van der Waals surface area contributed by atoms with Crippen LogP contribution in [0.1, 0.15) is 12.8 Å². The molecule has 0 saturated heterocycles. The van der Waals surface area contributed by atoms with E-state index in [1.54, 1.807) is 0 Å². The van der Waals surface area contributed by atoms with E-state index in [1.165, 1.54) is 0 Å². The van der Waals surface area contributed by atoms with E-state index in [9.17, 15) is 0 Å². The van der Waals surface area contributed by atoms with Crippen molar-refractivity contribution in [3.8, 4) is 0 Å². The molecule has 0 heterocycles. The Kier molecular flexibility index (Phi) is 14.6. The maximum atomic E-state index is 8.67. The first-order valence-corrected chi connectivity index (χ1v) is 4.40. The lowest BCUT2D eigenvalue weighted by Gasteiger charge is -2.19. The van der Waals surface area contributed by atoms with E-state index in [0.717, 1.165) is 25.9 Å². The minimum atomic E-state index is 0. The van der Waals surface area contributed by atoms with Crippen molar-refractivity contribution in [1.82, 2.24) is 4.90 Å². The molecule has 0 spiro atoms. The van der Waals surface area contributed by atoms with E-state index in [1.807, 2.05) is 4.90 Å². The minimum Gasteiger partial charge on any atom is -0.396 e. The molecule has 0 fully saturated rings. The Bertz CT molecular complexity index is 87.5. The highest BCUT2D eigenvalue weighted by molar-refractivity contribution is 5.85. The van der Waals surface area contributed by atoms with E-state index in [2.05, 4.69) is 0 Å². The summed E-state index contributed by atoms with van der Waals surface area (Å²) in [6, 6.07) is 0. The van der Waals surface area contributed by atoms with Gasteiger partial charge in [-0.25, -0.2) is 0 Å². The maximum absolute atomic E-state index is 8.67. The highest BCUT2D eigenvalue weighted by Crippen LogP contribution is 1.92. The topological polar surface area (TPSA) is 63.9 Å². The van der Waals surface area contributed by atoms with Crippen LogP contribution in [-0.4, -0.2) is 59.7 Å². The average Bonchev–Trinajstić information content (AvgIpc) is 2.10. The van der Waals surface area contributed by atoms with E-state index in [0.29, 0.717) is 6.54 Å². The molecule has 82 valence electrons. The second-order valence-electron chi connectivity index (χ2n) is 2.72. The van der Waals surface area contributed by atoms with Gasteiger partial charge in [-0.15, -0.1) is 12.4 Å². The summed E-state index contributed by atoms with van der Waals surface area (Å²) < 4.78 is 0. The monoisotopic (exact) mass is 213 g/mol. The van der Waals surface area contributed by atoms with Gasteiger partial charge in [-0.1, -0.05) is 0 Å². The van der Waals surface area contributed by atoms with Gasteiger partial charge in [0.15, 0.2) is 0 Å². The number of hydrogen-bond acceptors (Lipinski definition) is 4. The lowest BCUT2D eigenvalue weighted by Crippen LogP contribution is -2.30. The third-order valence-electron chi connectivity index (χ3n) is 1.68. The Labute approximate surface area is 85.6 Å². The van der Waals surface area contributed by atoms with Crippen molar-refractivity contribution < 1.29 is 15.3 Å². The highest BCUT2D eigenvalue weighted by Gasteiger charge is 2.01. The highest BCUT2D eigenvalue weighted by atomic mass is 35.5. The van der Waals surface area contributed by atoms with Crippen LogP contribution >= 0.6 is 12.4 Å². The maximum Gasteiger partial charge on any atom is 0.0558 e. The van der Waals surface area contributed by atoms with Crippen molar-refractivity contribution in [1.29, 1.82) is 0 Å². The summed E-state index contributed by atoms with van der Waals surface area (Å²) >= 11 is 0. The Hall–Kier alpha value is 0.130. The lowest BCUT2D eigenvalue weighted by molar-refractivity contribution is 0.166. The summed E-state index contributed by atoms with van der Waals surface area (Å²) in [5.41, 5.74) is 0.